The second-order valence-electron chi connectivity index (χ2n) is 4.38. The molecule has 0 aromatic heterocycles. The molecule has 1 aromatic rings. The number of benzene rings is 1. The van der Waals surface area contributed by atoms with Gasteiger partial charge in [-0.05, 0) is 30.6 Å². The first kappa shape index (κ1) is 15.3. The van der Waals surface area contributed by atoms with Crippen LogP contribution >= 0.6 is 0 Å². The van der Waals surface area contributed by atoms with Crippen LogP contribution in [0.1, 0.15) is 38.2 Å². The zero-order valence-corrected chi connectivity index (χ0v) is 11.9. The largest absolute Gasteiger partial charge is 0.493 e. The molecule has 0 atom stereocenters. The molecule has 1 aromatic carbocycles. The van der Waals surface area contributed by atoms with E-state index in [0.29, 0.717) is 11.5 Å². The van der Waals surface area contributed by atoms with Crippen LogP contribution in [0.3, 0.4) is 0 Å². The molecule has 0 saturated heterocycles. The number of ether oxygens (including phenoxy) is 2. The van der Waals surface area contributed by atoms with E-state index in [2.05, 4.69) is 6.92 Å². The lowest BCUT2D eigenvalue weighted by Crippen LogP contribution is -1.94. The van der Waals surface area contributed by atoms with Crippen LogP contribution < -0.4 is 9.47 Å². The SMILES string of the molecule is CCCCCC(C=O)=Cc1cccc(OC)c1OC. The molecular formula is C16H22O3. The van der Waals surface area contributed by atoms with Crippen LogP contribution in [0.15, 0.2) is 23.8 Å². The molecule has 3 heteroatoms. The smallest absolute Gasteiger partial charge is 0.167 e. The third kappa shape index (κ3) is 4.43. The average Bonchev–Trinajstić information content (AvgIpc) is 2.45. The Labute approximate surface area is 115 Å². The van der Waals surface area contributed by atoms with E-state index < -0.39 is 0 Å². The van der Waals surface area contributed by atoms with Gasteiger partial charge in [0, 0.05) is 5.56 Å². The van der Waals surface area contributed by atoms with Crippen LogP contribution in [0.5, 0.6) is 11.5 Å². The van der Waals surface area contributed by atoms with Gasteiger partial charge < -0.3 is 9.47 Å². The van der Waals surface area contributed by atoms with E-state index in [1.54, 1.807) is 14.2 Å². The number of rotatable bonds is 8. The van der Waals surface area contributed by atoms with Gasteiger partial charge in [-0.1, -0.05) is 31.9 Å². The second kappa shape index (κ2) is 8.35. The number of unbranched alkanes of at least 4 members (excludes halogenated alkanes) is 2. The second-order valence-corrected chi connectivity index (χ2v) is 4.38. The molecule has 0 radical (unpaired) electrons. The highest BCUT2D eigenvalue weighted by atomic mass is 16.5. The van der Waals surface area contributed by atoms with Crippen LogP contribution in [0.2, 0.25) is 0 Å². The van der Waals surface area contributed by atoms with E-state index in [1.165, 1.54) is 0 Å². The van der Waals surface area contributed by atoms with Gasteiger partial charge in [0.1, 0.15) is 6.29 Å². The molecule has 0 bridgehead atoms. The minimum atomic E-state index is 0.667. The third-order valence-corrected chi connectivity index (χ3v) is 2.99. The van der Waals surface area contributed by atoms with E-state index in [4.69, 9.17) is 9.47 Å². The Morgan fingerprint density at radius 2 is 2.00 bits per heavy atom. The number of aldehydes is 1. The molecule has 1 rings (SSSR count). The molecule has 0 aliphatic carbocycles. The Kier molecular flexibility index (Phi) is 6.72. The summed E-state index contributed by atoms with van der Waals surface area (Å²) in [5, 5.41) is 0. The number of methoxy groups -OCH3 is 2. The van der Waals surface area contributed by atoms with Crippen molar-refractivity contribution in [1.82, 2.24) is 0 Å². The molecule has 0 saturated carbocycles. The van der Waals surface area contributed by atoms with Crippen molar-refractivity contribution in [3.63, 3.8) is 0 Å². The number of hydrogen-bond acceptors (Lipinski definition) is 3. The van der Waals surface area contributed by atoms with Gasteiger partial charge >= 0.3 is 0 Å². The van der Waals surface area contributed by atoms with Crippen molar-refractivity contribution in [1.29, 1.82) is 0 Å². The summed E-state index contributed by atoms with van der Waals surface area (Å²) in [4.78, 5) is 11.1. The molecular weight excluding hydrogens is 240 g/mol. The minimum Gasteiger partial charge on any atom is -0.493 e. The summed E-state index contributed by atoms with van der Waals surface area (Å²) in [6.07, 6.45) is 6.93. The lowest BCUT2D eigenvalue weighted by Gasteiger charge is -2.10. The summed E-state index contributed by atoms with van der Waals surface area (Å²) in [5.41, 5.74) is 1.67. The summed E-state index contributed by atoms with van der Waals surface area (Å²) in [6, 6.07) is 5.65. The average molecular weight is 262 g/mol. The number of carbonyl (C=O) groups excluding carboxylic acids is 1. The molecule has 3 nitrogen and oxygen atoms in total. The van der Waals surface area contributed by atoms with E-state index in [1.807, 2.05) is 24.3 Å². The normalized spacial score (nSPS) is 11.2. The van der Waals surface area contributed by atoms with Crippen molar-refractivity contribution in [3.8, 4) is 11.5 Å². The summed E-state index contributed by atoms with van der Waals surface area (Å²) in [5.74, 6) is 1.34. The van der Waals surface area contributed by atoms with E-state index in [0.717, 1.165) is 43.1 Å². The fraction of sp³-hybridized carbons (Fsp3) is 0.438. The van der Waals surface area contributed by atoms with Crippen molar-refractivity contribution in [2.45, 2.75) is 32.6 Å². The fourth-order valence-corrected chi connectivity index (χ4v) is 1.97. The van der Waals surface area contributed by atoms with Gasteiger partial charge in [-0.25, -0.2) is 0 Å². The maximum absolute atomic E-state index is 11.1. The number of carbonyl (C=O) groups is 1. The first-order valence-electron chi connectivity index (χ1n) is 6.63. The number of hydrogen-bond donors (Lipinski definition) is 0. The van der Waals surface area contributed by atoms with Crippen molar-refractivity contribution < 1.29 is 14.3 Å². The van der Waals surface area contributed by atoms with Gasteiger partial charge in [-0.2, -0.15) is 0 Å². The zero-order chi connectivity index (χ0) is 14.1. The molecule has 19 heavy (non-hydrogen) atoms. The van der Waals surface area contributed by atoms with Gasteiger partial charge in [-0.3, -0.25) is 4.79 Å². The highest BCUT2D eigenvalue weighted by Gasteiger charge is 2.08. The quantitative estimate of drug-likeness (QED) is 0.405. The maximum Gasteiger partial charge on any atom is 0.167 e. The predicted octanol–water partition coefficient (Wildman–Crippen LogP) is 3.87. The Hall–Kier alpha value is -1.77. The van der Waals surface area contributed by atoms with Crippen LogP contribution in [0, 0.1) is 0 Å². The molecule has 0 N–H and O–H groups in total. The van der Waals surface area contributed by atoms with Crippen molar-refractivity contribution in [2.75, 3.05) is 14.2 Å². The van der Waals surface area contributed by atoms with Crippen molar-refractivity contribution in [2.24, 2.45) is 0 Å². The molecule has 0 unspecified atom stereocenters. The van der Waals surface area contributed by atoms with Crippen LogP contribution in [0.25, 0.3) is 6.08 Å². The van der Waals surface area contributed by atoms with Crippen LogP contribution in [0.4, 0.5) is 0 Å². The number of allylic oxidation sites excluding steroid dienone is 1. The standard InChI is InChI=1S/C16H22O3/c1-4-5-6-8-13(12-17)11-14-9-7-10-15(18-2)16(14)19-3/h7,9-12H,4-6,8H2,1-3H3. The van der Waals surface area contributed by atoms with Gasteiger partial charge in [-0.15, -0.1) is 0 Å². The Morgan fingerprint density at radius 1 is 1.21 bits per heavy atom. The summed E-state index contributed by atoms with van der Waals surface area (Å²) in [6.45, 7) is 2.15. The predicted molar refractivity (Wildman–Crippen MR) is 77.7 cm³/mol. The first-order valence-corrected chi connectivity index (χ1v) is 6.63. The maximum atomic E-state index is 11.1. The summed E-state index contributed by atoms with van der Waals surface area (Å²) >= 11 is 0. The molecule has 104 valence electrons. The lowest BCUT2D eigenvalue weighted by atomic mass is 10.0. The molecule has 0 spiro atoms. The number of para-hydroxylation sites is 1. The molecule has 0 amide bonds. The molecule has 0 aliphatic rings. The Bertz CT molecular complexity index is 436. The van der Waals surface area contributed by atoms with Crippen molar-refractivity contribution >= 4 is 12.4 Å². The topological polar surface area (TPSA) is 35.5 Å². The van der Waals surface area contributed by atoms with E-state index >= 15 is 0 Å². The van der Waals surface area contributed by atoms with Gasteiger partial charge in [0.2, 0.25) is 0 Å². The Balaban J connectivity index is 2.97. The lowest BCUT2D eigenvalue weighted by molar-refractivity contribution is -0.105. The summed E-state index contributed by atoms with van der Waals surface area (Å²) in [7, 11) is 3.21. The molecule has 0 aliphatic heterocycles. The molecule has 0 fully saturated rings. The minimum absolute atomic E-state index is 0.667. The Morgan fingerprint density at radius 3 is 2.58 bits per heavy atom. The highest BCUT2D eigenvalue weighted by molar-refractivity contribution is 5.83. The van der Waals surface area contributed by atoms with Crippen molar-refractivity contribution in [3.05, 3.63) is 29.3 Å². The monoisotopic (exact) mass is 262 g/mol. The molecule has 0 heterocycles. The van der Waals surface area contributed by atoms with Gasteiger partial charge in [0.05, 0.1) is 14.2 Å². The first-order chi connectivity index (χ1) is 9.26. The van der Waals surface area contributed by atoms with E-state index in [-0.39, 0.29) is 0 Å². The van der Waals surface area contributed by atoms with Gasteiger partial charge in [0.15, 0.2) is 11.5 Å². The fourth-order valence-electron chi connectivity index (χ4n) is 1.97. The van der Waals surface area contributed by atoms with Gasteiger partial charge in [0.25, 0.3) is 0 Å². The zero-order valence-electron chi connectivity index (χ0n) is 11.9. The summed E-state index contributed by atoms with van der Waals surface area (Å²) < 4.78 is 10.6. The van der Waals surface area contributed by atoms with Crippen LogP contribution in [-0.2, 0) is 4.79 Å². The third-order valence-electron chi connectivity index (χ3n) is 2.99. The van der Waals surface area contributed by atoms with E-state index in [9.17, 15) is 4.79 Å². The van der Waals surface area contributed by atoms with Crippen LogP contribution in [-0.4, -0.2) is 20.5 Å². The highest BCUT2D eigenvalue weighted by Crippen LogP contribution is 2.32.